The minimum Gasteiger partial charge on any atom is -0.749 e. The van der Waals surface area contributed by atoms with Crippen LogP contribution in [0.2, 0.25) is 0 Å². The maximum absolute atomic E-state index is 10.0. The summed E-state index contributed by atoms with van der Waals surface area (Å²) in [6.45, 7) is 5.90. The van der Waals surface area contributed by atoms with E-state index < -0.39 is 7.99 Å². The van der Waals surface area contributed by atoms with Crippen LogP contribution in [0.5, 0.6) is 11.5 Å². The zero-order valence-electron chi connectivity index (χ0n) is 21.2. The molecule has 0 bridgehead atoms. The number of ether oxygens (including phenoxy) is 2. The second-order valence-electron chi connectivity index (χ2n) is 7.81. The monoisotopic (exact) mass is 640 g/mol. The molecule has 0 radical (unpaired) electrons. The largest absolute Gasteiger partial charge is 1.00 e. The number of H-pyrrole nitrogens is 2. The maximum atomic E-state index is 10.0. The topological polar surface area (TPSA) is 116 Å². The first-order chi connectivity index (χ1) is 17.8. The van der Waals surface area contributed by atoms with Crippen LogP contribution in [0.3, 0.4) is 0 Å². The molecule has 210 valence electrons. The van der Waals surface area contributed by atoms with Gasteiger partial charge in [-0.2, -0.15) is 18.6 Å². The number of nitrogens with zero attached hydrogens (tertiary/aromatic N) is 2. The van der Waals surface area contributed by atoms with Gasteiger partial charge < -0.3 is 14.4 Å². The number of unbranched alkanes of at least 4 members (excludes halogenated alkanes) is 2. The Morgan fingerprint density at radius 1 is 0.737 bits per heavy atom. The Hall–Kier alpha value is -2.75. The second-order valence-corrected chi connectivity index (χ2v) is 8.64. The van der Waals surface area contributed by atoms with Crippen LogP contribution in [0.15, 0.2) is 73.1 Å². The molecule has 4 aromatic rings. The van der Waals surface area contributed by atoms with Gasteiger partial charge >= 0.3 is 30.4 Å². The first-order valence-electron chi connectivity index (χ1n) is 12.0. The molecule has 0 atom stereocenters. The molecule has 12 heteroatoms. The molecule has 2 heterocycles. The standard InChI is InChI=1S/2C13H16N2O.Ag.F2HO2P/c2*1-2-3-10-16-12-6-4-11(5-7-12)13-8-9-14-15-13;;1-5(2,3)4/h2*4-9H,2-3,10H2,1H3,(H,14,15);;(H,3,4)/q;;+1;/p-1. The molecule has 8 nitrogen and oxygen atoms in total. The number of rotatable bonds is 10. The molecule has 0 aliphatic rings. The molecule has 0 spiro atoms. The van der Waals surface area contributed by atoms with Crippen molar-refractivity contribution in [2.24, 2.45) is 0 Å². The summed E-state index contributed by atoms with van der Waals surface area (Å²) in [6.07, 6.45) is 8.02. The molecule has 4 rings (SSSR count). The number of benzene rings is 2. The molecule has 0 unspecified atom stereocenters. The number of nitrogens with one attached hydrogen (secondary N) is 2. The number of aromatic nitrogens is 4. The van der Waals surface area contributed by atoms with Crippen LogP contribution in [0.25, 0.3) is 22.5 Å². The number of halogens is 2. The molecular formula is C26H32AgF2N4O4P. The molecule has 0 saturated carbocycles. The van der Waals surface area contributed by atoms with Crippen molar-refractivity contribution in [3.63, 3.8) is 0 Å². The minimum absolute atomic E-state index is 0. The van der Waals surface area contributed by atoms with E-state index in [0.717, 1.165) is 72.9 Å². The quantitative estimate of drug-likeness (QED) is 0.111. The van der Waals surface area contributed by atoms with Crippen molar-refractivity contribution in [1.29, 1.82) is 0 Å². The maximum Gasteiger partial charge on any atom is 1.00 e. The van der Waals surface area contributed by atoms with E-state index in [9.17, 15) is 8.39 Å². The van der Waals surface area contributed by atoms with Gasteiger partial charge in [-0.25, -0.2) is 0 Å². The molecule has 0 amide bonds. The molecule has 2 aromatic carbocycles. The van der Waals surface area contributed by atoms with Gasteiger partial charge in [-0.3, -0.25) is 14.8 Å². The van der Waals surface area contributed by atoms with Crippen molar-refractivity contribution in [1.82, 2.24) is 20.4 Å². The Morgan fingerprint density at radius 2 is 1.08 bits per heavy atom. The Morgan fingerprint density at radius 3 is 1.34 bits per heavy atom. The normalized spacial score (nSPS) is 10.2. The minimum atomic E-state index is -5.89. The molecule has 2 aromatic heterocycles. The summed E-state index contributed by atoms with van der Waals surface area (Å²) in [5, 5.41) is 13.7. The van der Waals surface area contributed by atoms with Crippen molar-refractivity contribution in [2.75, 3.05) is 13.2 Å². The average Bonchev–Trinajstić information content (AvgIpc) is 3.60. The predicted octanol–water partition coefficient (Wildman–Crippen LogP) is 6.90. The summed E-state index contributed by atoms with van der Waals surface area (Å²) in [6, 6.07) is 20.0. The Labute approximate surface area is 237 Å². The molecule has 38 heavy (non-hydrogen) atoms. The van der Waals surface area contributed by atoms with Crippen molar-refractivity contribution < 1.29 is 49.7 Å². The van der Waals surface area contributed by atoms with Gasteiger partial charge in [0.05, 0.1) is 24.6 Å². The summed E-state index contributed by atoms with van der Waals surface area (Å²) in [4.78, 5) is 8.33. The average molecular weight is 641 g/mol. The van der Waals surface area contributed by atoms with Gasteiger partial charge in [0.25, 0.3) is 0 Å². The van der Waals surface area contributed by atoms with Gasteiger partial charge in [-0.05, 0) is 84.6 Å². The first-order valence-corrected chi connectivity index (χ1v) is 13.4. The van der Waals surface area contributed by atoms with Crippen molar-refractivity contribution in [3.05, 3.63) is 73.1 Å². The van der Waals surface area contributed by atoms with Gasteiger partial charge in [-0.1, -0.05) is 26.7 Å². The summed E-state index contributed by atoms with van der Waals surface area (Å²) >= 11 is 0. The molecule has 0 fully saturated rings. The van der Waals surface area contributed by atoms with E-state index in [1.165, 1.54) is 0 Å². The van der Waals surface area contributed by atoms with E-state index in [4.69, 9.17) is 18.9 Å². The van der Waals surface area contributed by atoms with Gasteiger partial charge in [0.15, 0.2) is 0 Å². The molecule has 0 aliphatic carbocycles. The van der Waals surface area contributed by atoms with Crippen LogP contribution in [-0.4, -0.2) is 33.6 Å². The first kappa shape index (κ1) is 33.3. The molecule has 0 saturated heterocycles. The van der Waals surface area contributed by atoms with Gasteiger partial charge in [-0.15, -0.1) is 0 Å². The van der Waals surface area contributed by atoms with Crippen molar-refractivity contribution >= 4 is 7.99 Å². The zero-order chi connectivity index (χ0) is 26.9. The van der Waals surface area contributed by atoms with Gasteiger partial charge in [0.2, 0.25) is 0 Å². The van der Waals surface area contributed by atoms with E-state index in [1.807, 2.05) is 60.7 Å². The third kappa shape index (κ3) is 14.3. The summed E-state index contributed by atoms with van der Waals surface area (Å²) in [7, 11) is -5.89. The Kier molecular flexibility index (Phi) is 16.2. The van der Waals surface area contributed by atoms with E-state index >= 15 is 0 Å². The van der Waals surface area contributed by atoms with Crippen LogP contribution >= 0.6 is 7.99 Å². The summed E-state index contributed by atoms with van der Waals surface area (Å²) < 4.78 is 39.6. The zero-order valence-corrected chi connectivity index (χ0v) is 23.6. The third-order valence-electron chi connectivity index (χ3n) is 4.87. The van der Waals surface area contributed by atoms with Crippen LogP contribution < -0.4 is 14.4 Å². The second kappa shape index (κ2) is 18.5. The van der Waals surface area contributed by atoms with Crippen molar-refractivity contribution in [3.8, 4) is 34.0 Å². The fourth-order valence-electron chi connectivity index (χ4n) is 2.96. The van der Waals surface area contributed by atoms with Gasteiger partial charge in [0.1, 0.15) is 11.5 Å². The number of aromatic amines is 2. The van der Waals surface area contributed by atoms with Crippen LogP contribution in [0, 0.1) is 0 Å². The smallest absolute Gasteiger partial charge is 0.749 e. The Balaban J connectivity index is 0.000000317. The Bertz CT molecular complexity index is 1070. The van der Waals surface area contributed by atoms with E-state index in [0.29, 0.717) is 0 Å². The molecule has 0 aliphatic heterocycles. The van der Waals surface area contributed by atoms with Crippen LogP contribution in [0.4, 0.5) is 8.39 Å². The predicted molar refractivity (Wildman–Crippen MR) is 139 cm³/mol. The summed E-state index contributed by atoms with van der Waals surface area (Å²) in [5.74, 6) is 1.86. The summed E-state index contributed by atoms with van der Waals surface area (Å²) in [5.41, 5.74) is 4.31. The SMILES string of the molecule is CCCCOc1ccc(-c2ccn[nH]2)cc1.CCCCOc1ccc(-c2ccn[nH]2)cc1.O=P([O-])(F)F.[Ag+]. The number of hydrogen-bond donors (Lipinski definition) is 2. The van der Waals surface area contributed by atoms with Gasteiger partial charge in [0, 0.05) is 12.4 Å². The van der Waals surface area contributed by atoms with Crippen LogP contribution in [-0.2, 0) is 26.9 Å². The fourth-order valence-corrected chi connectivity index (χ4v) is 2.96. The number of hydrogen-bond acceptors (Lipinski definition) is 6. The van der Waals surface area contributed by atoms with Crippen LogP contribution in [0.1, 0.15) is 39.5 Å². The van der Waals surface area contributed by atoms with E-state index in [2.05, 4.69) is 34.2 Å². The van der Waals surface area contributed by atoms with E-state index in [1.54, 1.807) is 12.4 Å². The third-order valence-corrected chi connectivity index (χ3v) is 4.87. The van der Waals surface area contributed by atoms with Crippen molar-refractivity contribution in [2.45, 2.75) is 39.5 Å². The molecule has 2 N–H and O–H groups in total. The fraction of sp³-hybridized carbons (Fsp3) is 0.308. The molecular weight excluding hydrogens is 609 g/mol. The van der Waals surface area contributed by atoms with E-state index in [-0.39, 0.29) is 22.4 Å².